The summed E-state index contributed by atoms with van der Waals surface area (Å²) in [4.78, 5) is 36.3. The highest BCUT2D eigenvalue weighted by Crippen LogP contribution is 2.41. The standard InChI is InChI=1S/C27H26N6O4/c1-15-10-20-21(13-33(15)26(34)17-4-5-17)28-14-29-25(20)36-19-6-7-22-18(11-19)8-9-32(22)27(35)30-24-12-23(37-31-24)16-2-3-16/h6-9,11-12,14-17H,2-5,10,13H2,1H3,(H,30,31,35)/t15-/m0/s1. The highest BCUT2D eigenvalue weighted by molar-refractivity contribution is 5.98. The molecule has 0 bridgehead atoms. The lowest BCUT2D eigenvalue weighted by Gasteiger charge is -2.34. The first kappa shape index (κ1) is 22.0. The SMILES string of the molecule is C[C@H]1Cc2c(ncnc2Oc2ccc3c(ccn3C(=O)Nc3cc(C4CC4)on3)c2)CN1C(=O)C1CC1. The minimum absolute atomic E-state index is 0.0639. The van der Waals surface area contributed by atoms with E-state index in [1.807, 2.05) is 29.2 Å². The monoisotopic (exact) mass is 498 g/mol. The second-order valence-corrected chi connectivity index (χ2v) is 10.2. The second-order valence-electron chi connectivity index (χ2n) is 10.2. The molecule has 1 aromatic carbocycles. The zero-order valence-corrected chi connectivity index (χ0v) is 20.4. The average Bonchev–Trinajstić information content (AvgIpc) is 3.83. The van der Waals surface area contributed by atoms with Crippen LogP contribution in [0.5, 0.6) is 11.6 Å². The van der Waals surface area contributed by atoms with Gasteiger partial charge in [0, 0.05) is 41.1 Å². The highest BCUT2D eigenvalue weighted by atomic mass is 16.5. The van der Waals surface area contributed by atoms with Crippen LogP contribution in [0, 0.1) is 5.92 Å². The van der Waals surface area contributed by atoms with Crippen molar-refractivity contribution in [3.05, 3.63) is 59.9 Å². The summed E-state index contributed by atoms with van der Waals surface area (Å²) in [5.74, 6) is 3.18. The Kier molecular flexibility index (Phi) is 5.02. The zero-order valence-electron chi connectivity index (χ0n) is 20.4. The molecule has 4 aromatic rings. The van der Waals surface area contributed by atoms with Crippen molar-refractivity contribution >= 4 is 28.7 Å². The Morgan fingerprint density at radius 2 is 1.97 bits per heavy atom. The van der Waals surface area contributed by atoms with Crippen LogP contribution in [0.3, 0.4) is 0 Å². The van der Waals surface area contributed by atoms with E-state index in [1.54, 1.807) is 12.3 Å². The van der Waals surface area contributed by atoms with Gasteiger partial charge in [-0.15, -0.1) is 0 Å². The first-order chi connectivity index (χ1) is 18.0. The van der Waals surface area contributed by atoms with Gasteiger partial charge in [0.05, 0.1) is 17.8 Å². The number of hydrogen-bond acceptors (Lipinski definition) is 7. The first-order valence-electron chi connectivity index (χ1n) is 12.7. The Labute approximate surface area is 212 Å². The van der Waals surface area contributed by atoms with E-state index in [0.29, 0.717) is 36.3 Å². The van der Waals surface area contributed by atoms with E-state index < -0.39 is 0 Å². The molecule has 1 N–H and O–H groups in total. The van der Waals surface area contributed by atoms with Gasteiger partial charge in [0.1, 0.15) is 17.8 Å². The van der Waals surface area contributed by atoms with Gasteiger partial charge in [-0.25, -0.2) is 14.8 Å². The van der Waals surface area contributed by atoms with E-state index in [9.17, 15) is 9.59 Å². The summed E-state index contributed by atoms with van der Waals surface area (Å²) in [6.07, 6.45) is 8.02. The van der Waals surface area contributed by atoms with Crippen LogP contribution in [0.2, 0.25) is 0 Å². The van der Waals surface area contributed by atoms with Crippen LogP contribution in [0.4, 0.5) is 10.6 Å². The molecule has 7 rings (SSSR count). The molecule has 37 heavy (non-hydrogen) atoms. The van der Waals surface area contributed by atoms with Gasteiger partial charge in [-0.2, -0.15) is 0 Å². The van der Waals surface area contributed by atoms with Crippen molar-refractivity contribution < 1.29 is 18.8 Å². The van der Waals surface area contributed by atoms with Gasteiger partial charge in [0.25, 0.3) is 0 Å². The van der Waals surface area contributed by atoms with Crippen molar-refractivity contribution in [2.24, 2.45) is 5.92 Å². The van der Waals surface area contributed by atoms with Crippen LogP contribution in [-0.4, -0.2) is 42.6 Å². The molecule has 3 aromatic heterocycles. The molecule has 0 spiro atoms. The summed E-state index contributed by atoms with van der Waals surface area (Å²) in [5.41, 5.74) is 2.51. The topological polar surface area (TPSA) is 115 Å². The molecule has 3 aliphatic rings. The molecular formula is C27H26N6O4. The third-order valence-electron chi connectivity index (χ3n) is 7.39. The summed E-state index contributed by atoms with van der Waals surface area (Å²) in [6, 6.07) is 8.93. The number of fused-ring (bicyclic) bond motifs is 2. The lowest BCUT2D eigenvalue weighted by atomic mass is 9.99. The molecule has 2 aliphatic carbocycles. The number of anilines is 1. The normalized spacial score (nSPS) is 19.1. The number of benzene rings is 1. The second kappa shape index (κ2) is 8.43. The molecule has 0 saturated heterocycles. The third kappa shape index (κ3) is 4.12. The molecule has 1 aliphatic heterocycles. The van der Waals surface area contributed by atoms with E-state index in [2.05, 4.69) is 27.4 Å². The van der Waals surface area contributed by atoms with Crippen molar-refractivity contribution in [2.45, 2.75) is 57.5 Å². The molecule has 2 saturated carbocycles. The number of hydrogen-bond donors (Lipinski definition) is 1. The van der Waals surface area contributed by atoms with Crippen molar-refractivity contribution in [3.63, 3.8) is 0 Å². The number of nitrogens with one attached hydrogen (secondary N) is 1. The summed E-state index contributed by atoms with van der Waals surface area (Å²) >= 11 is 0. The smallest absolute Gasteiger partial charge is 0.331 e. The fourth-order valence-corrected chi connectivity index (χ4v) is 4.99. The minimum atomic E-state index is -0.316. The highest BCUT2D eigenvalue weighted by Gasteiger charge is 2.38. The molecule has 1 atom stereocenters. The summed E-state index contributed by atoms with van der Waals surface area (Å²) in [6.45, 7) is 2.54. The molecule has 0 unspecified atom stereocenters. The molecule has 188 valence electrons. The number of amides is 2. The molecule has 0 radical (unpaired) electrons. The van der Waals surface area contributed by atoms with Crippen molar-refractivity contribution in [3.8, 4) is 11.6 Å². The maximum atomic E-state index is 12.9. The van der Waals surface area contributed by atoms with Gasteiger partial charge in [0.15, 0.2) is 5.82 Å². The number of aromatic nitrogens is 4. The minimum Gasteiger partial charge on any atom is -0.439 e. The number of carbonyl (C=O) groups excluding carboxylic acids is 2. The van der Waals surface area contributed by atoms with E-state index in [0.717, 1.165) is 53.6 Å². The molecule has 2 fully saturated rings. The predicted octanol–water partition coefficient (Wildman–Crippen LogP) is 4.85. The quantitative estimate of drug-likeness (QED) is 0.418. The Morgan fingerprint density at radius 3 is 2.78 bits per heavy atom. The van der Waals surface area contributed by atoms with E-state index >= 15 is 0 Å². The maximum absolute atomic E-state index is 12.9. The fourth-order valence-electron chi connectivity index (χ4n) is 4.99. The lowest BCUT2D eigenvalue weighted by molar-refractivity contribution is -0.135. The van der Waals surface area contributed by atoms with Gasteiger partial charge in [-0.1, -0.05) is 5.16 Å². The largest absolute Gasteiger partial charge is 0.439 e. The average molecular weight is 499 g/mol. The Bertz CT molecular complexity index is 1530. The molecule has 2 amide bonds. The molecule has 10 heteroatoms. The predicted molar refractivity (Wildman–Crippen MR) is 133 cm³/mol. The van der Waals surface area contributed by atoms with Gasteiger partial charge in [-0.05, 0) is 63.3 Å². The summed E-state index contributed by atoms with van der Waals surface area (Å²) in [7, 11) is 0. The summed E-state index contributed by atoms with van der Waals surface area (Å²) in [5, 5.41) is 7.61. The van der Waals surface area contributed by atoms with Crippen LogP contribution in [0.25, 0.3) is 10.9 Å². The molecule has 4 heterocycles. The summed E-state index contributed by atoms with van der Waals surface area (Å²) < 4.78 is 13.1. The lowest BCUT2D eigenvalue weighted by Crippen LogP contribution is -2.43. The number of rotatable bonds is 5. The van der Waals surface area contributed by atoms with E-state index in [4.69, 9.17) is 9.26 Å². The van der Waals surface area contributed by atoms with Crippen molar-refractivity contribution in [1.29, 1.82) is 0 Å². The number of nitrogens with zero attached hydrogens (tertiary/aromatic N) is 5. The Hall–Kier alpha value is -4.21. The van der Waals surface area contributed by atoms with Crippen LogP contribution in [-0.2, 0) is 17.8 Å². The van der Waals surface area contributed by atoms with Crippen LogP contribution >= 0.6 is 0 Å². The first-order valence-corrected chi connectivity index (χ1v) is 12.7. The zero-order chi connectivity index (χ0) is 25.1. The van der Waals surface area contributed by atoms with Crippen LogP contribution < -0.4 is 10.1 Å². The maximum Gasteiger partial charge on any atom is 0.331 e. The third-order valence-corrected chi connectivity index (χ3v) is 7.39. The Morgan fingerprint density at radius 1 is 1.11 bits per heavy atom. The van der Waals surface area contributed by atoms with Gasteiger partial charge in [-0.3, -0.25) is 14.7 Å². The Balaban J connectivity index is 1.09. The number of ether oxygens (including phenoxy) is 1. The fraction of sp³-hybridized carbons (Fsp3) is 0.370. The van der Waals surface area contributed by atoms with Crippen LogP contribution in [0.15, 0.2) is 47.4 Å². The molecular weight excluding hydrogens is 472 g/mol. The van der Waals surface area contributed by atoms with Gasteiger partial charge in [0.2, 0.25) is 11.8 Å². The van der Waals surface area contributed by atoms with Gasteiger partial charge < -0.3 is 14.2 Å². The molecule has 10 nitrogen and oxygen atoms in total. The van der Waals surface area contributed by atoms with Gasteiger partial charge >= 0.3 is 6.03 Å². The van der Waals surface area contributed by atoms with Crippen molar-refractivity contribution in [2.75, 3.05) is 5.32 Å². The van der Waals surface area contributed by atoms with Crippen LogP contribution in [0.1, 0.15) is 55.5 Å². The number of carbonyl (C=O) groups is 2. The van der Waals surface area contributed by atoms with Crippen molar-refractivity contribution in [1.82, 2.24) is 24.6 Å². The van der Waals surface area contributed by atoms with E-state index in [-0.39, 0.29) is 23.9 Å². The van der Waals surface area contributed by atoms with E-state index in [1.165, 1.54) is 10.9 Å².